The number of nitro groups is 1. The third kappa shape index (κ3) is 2.17. The fourth-order valence-corrected chi connectivity index (χ4v) is 1.26. The van der Waals surface area contributed by atoms with E-state index in [2.05, 4.69) is 4.98 Å². The van der Waals surface area contributed by atoms with Crippen LogP contribution in [0.25, 0.3) is 0 Å². The van der Waals surface area contributed by atoms with Crippen molar-refractivity contribution >= 4 is 17.3 Å². The summed E-state index contributed by atoms with van der Waals surface area (Å²) in [6.45, 7) is 0. The molecule has 0 aromatic carbocycles. The van der Waals surface area contributed by atoms with Crippen molar-refractivity contribution in [3.8, 4) is 0 Å². The lowest BCUT2D eigenvalue weighted by Gasteiger charge is -2.06. The van der Waals surface area contributed by atoms with Gasteiger partial charge < -0.3 is 0 Å². The number of halogens is 4. The highest BCUT2D eigenvalue weighted by molar-refractivity contribution is 6.17. The van der Waals surface area contributed by atoms with E-state index in [1.165, 1.54) is 0 Å². The van der Waals surface area contributed by atoms with E-state index >= 15 is 0 Å². The molecule has 0 saturated heterocycles. The molecule has 15 heavy (non-hydrogen) atoms. The van der Waals surface area contributed by atoms with Gasteiger partial charge >= 0.3 is 5.69 Å². The minimum Gasteiger partial charge on any atom is -0.258 e. The molecule has 0 amide bonds. The van der Waals surface area contributed by atoms with Gasteiger partial charge in [0.25, 0.3) is 6.43 Å². The zero-order valence-corrected chi connectivity index (χ0v) is 7.84. The topological polar surface area (TPSA) is 56.0 Å². The molecule has 82 valence electrons. The van der Waals surface area contributed by atoms with Crippen LogP contribution in [0.15, 0.2) is 6.20 Å². The zero-order valence-electron chi connectivity index (χ0n) is 7.08. The number of pyridine rings is 1. The van der Waals surface area contributed by atoms with Gasteiger partial charge in [-0.1, -0.05) is 0 Å². The molecule has 4 nitrogen and oxygen atoms in total. The predicted molar refractivity (Wildman–Crippen MR) is 45.4 cm³/mol. The van der Waals surface area contributed by atoms with Crippen molar-refractivity contribution in [2.75, 3.05) is 0 Å². The number of hydrogen-bond donors (Lipinski definition) is 0. The highest BCUT2D eigenvalue weighted by Gasteiger charge is 2.30. The van der Waals surface area contributed by atoms with Crippen LogP contribution >= 0.6 is 11.6 Å². The lowest BCUT2D eigenvalue weighted by Crippen LogP contribution is -2.05. The summed E-state index contributed by atoms with van der Waals surface area (Å²) in [5.41, 5.74) is -2.72. The second-order valence-electron chi connectivity index (χ2n) is 2.51. The predicted octanol–water partition coefficient (Wildman–Crippen LogP) is 2.81. The van der Waals surface area contributed by atoms with E-state index in [9.17, 15) is 23.3 Å². The fourth-order valence-electron chi connectivity index (χ4n) is 1.05. The molecule has 0 aliphatic heterocycles. The van der Waals surface area contributed by atoms with Gasteiger partial charge in [-0.2, -0.15) is 4.39 Å². The van der Waals surface area contributed by atoms with E-state index in [0.29, 0.717) is 6.20 Å². The highest BCUT2D eigenvalue weighted by atomic mass is 35.5. The summed E-state index contributed by atoms with van der Waals surface area (Å²) < 4.78 is 37.8. The third-order valence-corrected chi connectivity index (χ3v) is 1.91. The van der Waals surface area contributed by atoms with Crippen LogP contribution in [0.3, 0.4) is 0 Å². The largest absolute Gasteiger partial charge is 0.317 e. The standard InChI is InChI=1S/C7H4ClF3N2O2/c8-1-4-5(7(10)11)6(13(14)15)3(9)2-12-4/h2,7H,1H2. The van der Waals surface area contributed by atoms with Gasteiger partial charge in [0.1, 0.15) is 5.56 Å². The van der Waals surface area contributed by atoms with Gasteiger partial charge in [0.05, 0.1) is 22.7 Å². The van der Waals surface area contributed by atoms with Gasteiger partial charge in [-0.3, -0.25) is 15.1 Å². The second-order valence-corrected chi connectivity index (χ2v) is 2.77. The van der Waals surface area contributed by atoms with Crippen LogP contribution in [0.5, 0.6) is 0 Å². The molecule has 1 rings (SSSR count). The van der Waals surface area contributed by atoms with Crippen molar-refractivity contribution < 1.29 is 18.1 Å². The zero-order chi connectivity index (χ0) is 11.6. The molecule has 1 aromatic heterocycles. The molecule has 1 heterocycles. The Morgan fingerprint density at radius 2 is 2.20 bits per heavy atom. The van der Waals surface area contributed by atoms with E-state index in [0.717, 1.165) is 0 Å². The van der Waals surface area contributed by atoms with Gasteiger partial charge in [-0.05, 0) is 0 Å². The monoisotopic (exact) mass is 240 g/mol. The molecule has 0 spiro atoms. The number of nitrogens with zero attached hydrogens (tertiary/aromatic N) is 2. The van der Waals surface area contributed by atoms with Crippen LogP contribution in [0.4, 0.5) is 18.9 Å². The Kier molecular flexibility index (Phi) is 3.46. The summed E-state index contributed by atoms with van der Waals surface area (Å²) in [7, 11) is 0. The Labute approximate surface area is 86.8 Å². The maximum Gasteiger partial charge on any atom is 0.317 e. The van der Waals surface area contributed by atoms with Gasteiger partial charge in [-0.25, -0.2) is 8.78 Å². The number of hydrogen-bond acceptors (Lipinski definition) is 3. The van der Waals surface area contributed by atoms with Crippen LogP contribution in [-0.2, 0) is 5.88 Å². The third-order valence-electron chi connectivity index (χ3n) is 1.65. The summed E-state index contributed by atoms with van der Waals surface area (Å²) in [6.07, 6.45) is -2.69. The summed E-state index contributed by atoms with van der Waals surface area (Å²) in [5, 5.41) is 10.4. The molecule has 0 radical (unpaired) electrons. The number of aromatic nitrogens is 1. The average Bonchev–Trinajstić information content (AvgIpc) is 2.16. The molecule has 0 N–H and O–H groups in total. The summed E-state index contributed by atoms with van der Waals surface area (Å²) in [6, 6.07) is 0. The smallest absolute Gasteiger partial charge is 0.258 e. The van der Waals surface area contributed by atoms with E-state index in [1.54, 1.807) is 0 Å². The van der Waals surface area contributed by atoms with Crippen molar-refractivity contribution in [2.24, 2.45) is 0 Å². The Morgan fingerprint density at radius 3 is 2.60 bits per heavy atom. The van der Waals surface area contributed by atoms with Crippen molar-refractivity contribution in [1.82, 2.24) is 4.98 Å². The molecule has 0 unspecified atom stereocenters. The Hall–Kier alpha value is -1.37. The quantitative estimate of drug-likeness (QED) is 0.464. The molecule has 0 atom stereocenters. The number of alkyl halides is 3. The lowest BCUT2D eigenvalue weighted by atomic mass is 10.1. The average molecular weight is 241 g/mol. The SMILES string of the molecule is O=[N+]([O-])c1c(F)cnc(CCl)c1C(F)F. The van der Waals surface area contributed by atoms with Gasteiger partial charge in [0, 0.05) is 0 Å². The van der Waals surface area contributed by atoms with Gasteiger partial charge in [0.2, 0.25) is 5.82 Å². The van der Waals surface area contributed by atoms with Crippen molar-refractivity contribution in [2.45, 2.75) is 12.3 Å². The van der Waals surface area contributed by atoms with Crippen LogP contribution < -0.4 is 0 Å². The van der Waals surface area contributed by atoms with Crippen molar-refractivity contribution in [3.63, 3.8) is 0 Å². The molecule has 0 fully saturated rings. The summed E-state index contributed by atoms with van der Waals surface area (Å²) >= 11 is 5.26. The highest BCUT2D eigenvalue weighted by Crippen LogP contribution is 2.33. The first-order valence-corrected chi connectivity index (χ1v) is 4.18. The fraction of sp³-hybridized carbons (Fsp3) is 0.286. The Morgan fingerprint density at radius 1 is 1.60 bits per heavy atom. The molecule has 0 aliphatic rings. The lowest BCUT2D eigenvalue weighted by molar-refractivity contribution is -0.389. The van der Waals surface area contributed by atoms with Crippen LogP contribution in [-0.4, -0.2) is 9.91 Å². The molecule has 1 aromatic rings. The van der Waals surface area contributed by atoms with E-state index in [-0.39, 0.29) is 5.69 Å². The minimum absolute atomic E-state index is 0.389. The molecular formula is C7H4ClF3N2O2. The Balaban J connectivity index is 3.51. The second kappa shape index (κ2) is 4.43. The van der Waals surface area contributed by atoms with Crippen molar-refractivity contribution in [1.29, 1.82) is 0 Å². The normalized spacial score (nSPS) is 10.7. The first kappa shape index (κ1) is 11.7. The molecular weight excluding hydrogens is 237 g/mol. The maximum absolute atomic E-state index is 12.9. The summed E-state index contributed by atoms with van der Waals surface area (Å²) in [4.78, 5) is 12.4. The minimum atomic E-state index is -3.19. The van der Waals surface area contributed by atoms with Crippen molar-refractivity contribution in [3.05, 3.63) is 33.4 Å². The molecule has 0 saturated carbocycles. The molecule has 0 bridgehead atoms. The first-order chi connectivity index (χ1) is 6.99. The summed E-state index contributed by atoms with van der Waals surface area (Å²) in [5.74, 6) is -1.84. The molecule has 0 aliphatic carbocycles. The van der Waals surface area contributed by atoms with E-state index in [1.807, 2.05) is 0 Å². The van der Waals surface area contributed by atoms with E-state index < -0.39 is 34.3 Å². The first-order valence-electron chi connectivity index (χ1n) is 3.64. The molecule has 8 heteroatoms. The van der Waals surface area contributed by atoms with Crippen LogP contribution in [0.1, 0.15) is 17.7 Å². The number of rotatable bonds is 3. The van der Waals surface area contributed by atoms with Crippen LogP contribution in [0.2, 0.25) is 0 Å². The van der Waals surface area contributed by atoms with E-state index in [4.69, 9.17) is 11.6 Å². The Bertz CT molecular complexity index is 400. The van der Waals surface area contributed by atoms with Crippen LogP contribution in [0, 0.1) is 15.9 Å². The maximum atomic E-state index is 12.9. The van der Waals surface area contributed by atoms with Gasteiger partial charge in [0.15, 0.2) is 0 Å². The van der Waals surface area contributed by atoms with Gasteiger partial charge in [-0.15, -0.1) is 11.6 Å².